The van der Waals surface area contributed by atoms with E-state index in [4.69, 9.17) is 29.8 Å². The van der Waals surface area contributed by atoms with Crippen LogP contribution >= 0.6 is 0 Å². The summed E-state index contributed by atoms with van der Waals surface area (Å²) in [7, 11) is 0. The van der Waals surface area contributed by atoms with Crippen molar-refractivity contribution in [3.63, 3.8) is 0 Å². The van der Waals surface area contributed by atoms with Gasteiger partial charge in [0.15, 0.2) is 0 Å². The third kappa shape index (κ3) is 13.1. The van der Waals surface area contributed by atoms with Gasteiger partial charge in [0.1, 0.15) is 11.1 Å². The van der Waals surface area contributed by atoms with E-state index in [0.717, 1.165) is 101 Å². The van der Waals surface area contributed by atoms with E-state index in [1.54, 1.807) is 9.80 Å². The van der Waals surface area contributed by atoms with Gasteiger partial charge in [0.25, 0.3) is 0 Å². The summed E-state index contributed by atoms with van der Waals surface area (Å²) in [5.41, 5.74) is 5.93. The molecule has 2 amide bonds. The van der Waals surface area contributed by atoms with Gasteiger partial charge in [-0.05, 0) is 59.7 Å². The second kappa shape index (κ2) is 25.2. The van der Waals surface area contributed by atoms with Crippen LogP contribution in [0.2, 0.25) is 0 Å². The Hall–Kier alpha value is -7.02. The molecule has 4 aromatic carbocycles. The van der Waals surface area contributed by atoms with Crippen LogP contribution in [0.15, 0.2) is 170 Å². The number of anilines is 2. The van der Waals surface area contributed by atoms with Crippen molar-refractivity contribution in [3.05, 3.63) is 193 Å². The summed E-state index contributed by atoms with van der Waals surface area (Å²) in [4.78, 5) is 61.2. The van der Waals surface area contributed by atoms with Crippen molar-refractivity contribution in [1.29, 1.82) is 0 Å². The third-order valence-electron chi connectivity index (χ3n) is 13.2. The number of hydrogen-bond donors (Lipinski definition) is 2. The first-order valence-electron chi connectivity index (χ1n) is 23.9. The van der Waals surface area contributed by atoms with E-state index in [9.17, 15) is 9.59 Å². The topological polar surface area (TPSA) is 156 Å². The minimum Gasteiger partial charge on any atom is -0.543 e. The number of carbonyl (C=O) groups is 4. The van der Waals surface area contributed by atoms with Crippen LogP contribution < -0.4 is 29.8 Å². The van der Waals surface area contributed by atoms with E-state index in [2.05, 4.69) is 72.8 Å². The number of quaternary nitrogens is 2. The fraction of sp³-hybridized carbons (Fsp3) is 0.321. The van der Waals surface area contributed by atoms with E-state index < -0.39 is 23.0 Å². The molecule has 2 aromatic heterocycles. The number of nitrogens with one attached hydrogen (secondary N) is 2. The van der Waals surface area contributed by atoms with Crippen molar-refractivity contribution in [2.45, 2.75) is 76.3 Å². The van der Waals surface area contributed by atoms with E-state index in [1.165, 1.54) is 11.1 Å². The molecule has 0 unspecified atom stereocenters. The number of benzene rings is 4. The van der Waals surface area contributed by atoms with Crippen molar-refractivity contribution in [1.82, 2.24) is 9.97 Å². The smallest absolute Gasteiger partial charge is 0.227 e. The first-order chi connectivity index (χ1) is 33.1. The van der Waals surface area contributed by atoms with Gasteiger partial charge in [-0.25, -0.2) is 0 Å². The van der Waals surface area contributed by atoms with Crippen molar-refractivity contribution < 1.29 is 39.2 Å². The lowest BCUT2D eigenvalue weighted by Gasteiger charge is -2.47. The Bertz CT molecular complexity index is 2270. The van der Waals surface area contributed by atoms with Crippen molar-refractivity contribution in [2.24, 2.45) is 0 Å². The molecule has 354 valence electrons. The molecule has 0 spiro atoms. The molecule has 2 aliphatic rings. The second-order valence-corrected chi connectivity index (χ2v) is 17.4. The predicted molar refractivity (Wildman–Crippen MR) is 260 cm³/mol. The summed E-state index contributed by atoms with van der Waals surface area (Å²) in [5, 5.41) is 17.9. The number of nitrogens with zero attached hydrogens (tertiary/aromatic N) is 4. The van der Waals surface area contributed by atoms with Gasteiger partial charge in [-0.2, -0.15) is 0 Å². The van der Waals surface area contributed by atoms with Gasteiger partial charge in [0.05, 0.1) is 62.6 Å². The number of piperidine rings is 2. The average Bonchev–Trinajstić information content (AvgIpc) is 3.40. The third-order valence-corrected chi connectivity index (χ3v) is 13.2. The Morgan fingerprint density at radius 3 is 1.06 bits per heavy atom. The number of amides is 2. The van der Waals surface area contributed by atoms with Crippen molar-refractivity contribution in [2.75, 3.05) is 49.1 Å². The molecular formula is C56H64N6O6. The van der Waals surface area contributed by atoms with Gasteiger partial charge in [-0.15, -0.1) is 0 Å². The first-order valence-corrected chi connectivity index (χ1v) is 23.9. The summed E-state index contributed by atoms with van der Waals surface area (Å²) in [5.74, 6) is -4.06. The highest BCUT2D eigenvalue weighted by Gasteiger charge is 2.48. The zero-order valence-corrected chi connectivity index (χ0v) is 39.3. The Morgan fingerprint density at radius 2 is 0.779 bits per heavy atom. The minimum absolute atomic E-state index is 0.157. The number of carbonyl (C=O) groups excluding carboxylic acids is 4. The molecule has 4 heterocycles. The van der Waals surface area contributed by atoms with Crippen molar-refractivity contribution in [3.8, 4) is 0 Å². The lowest BCUT2D eigenvalue weighted by molar-refractivity contribution is -0.906. The molecule has 0 aliphatic carbocycles. The van der Waals surface area contributed by atoms with Crippen LogP contribution in [0.3, 0.4) is 0 Å². The standard InChI is InChI=1S/2C27H31N3O.C2H2O4/c2*1-2-26(31)30(24-13-7-4-8-14-24)27(25-15-9-10-19-28-25)17-21-29(22-18-27)20-16-23-11-5-3-6-12-23;3-1(4)2(5)6/h2*3-15,19H,2,16-18,20-22H2,1H3;(H,3,4)(H,5,6). The summed E-state index contributed by atoms with van der Waals surface area (Å²) in [6, 6.07) is 53.8. The van der Waals surface area contributed by atoms with Gasteiger partial charge in [0.2, 0.25) is 11.8 Å². The molecule has 0 atom stereocenters. The number of para-hydroxylation sites is 2. The molecular weight excluding hydrogens is 853 g/mol. The number of aliphatic carboxylic acids is 2. The number of likely N-dealkylation sites (tertiary alicyclic amines) is 2. The van der Waals surface area contributed by atoms with E-state index in [1.807, 2.05) is 121 Å². The maximum absolute atomic E-state index is 13.3. The summed E-state index contributed by atoms with van der Waals surface area (Å²) < 4.78 is 0. The molecule has 68 heavy (non-hydrogen) atoms. The van der Waals surface area contributed by atoms with Crippen LogP contribution in [0.25, 0.3) is 0 Å². The molecule has 2 fully saturated rings. The molecule has 8 rings (SSSR count). The summed E-state index contributed by atoms with van der Waals surface area (Å²) in [6.45, 7) is 10.3. The summed E-state index contributed by atoms with van der Waals surface area (Å²) in [6.07, 6.45) is 10.5. The number of carboxylic acid groups (broad SMARTS) is 2. The highest BCUT2D eigenvalue weighted by atomic mass is 16.4. The maximum Gasteiger partial charge on any atom is 0.227 e. The number of hydrogen-bond acceptors (Lipinski definition) is 8. The molecule has 0 radical (unpaired) electrons. The molecule has 0 bridgehead atoms. The lowest BCUT2D eigenvalue weighted by atomic mass is 9.81. The minimum atomic E-state index is -2.19. The van der Waals surface area contributed by atoms with Gasteiger partial charge >= 0.3 is 0 Å². The zero-order valence-electron chi connectivity index (χ0n) is 39.3. The Balaban J connectivity index is 0.000000200. The van der Waals surface area contributed by atoms with Crippen LogP contribution in [-0.2, 0) is 43.1 Å². The molecule has 2 N–H and O–H groups in total. The zero-order chi connectivity index (χ0) is 48.2. The number of rotatable bonds is 14. The highest BCUT2D eigenvalue weighted by Crippen LogP contribution is 2.40. The maximum atomic E-state index is 13.3. The molecule has 6 aromatic rings. The van der Waals surface area contributed by atoms with Crippen molar-refractivity contribution >= 4 is 35.1 Å². The first kappa shape index (κ1) is 50.4. The Labute approximate surface area is 400 Å². The fourth-order valence-corrected chi connectivity index (χ4v) is 9.66. The second-order valence-electron chi connectivity index (χ2n) is 17.4. The van der Waals surface area contributed by atoms with Crippen LogP contribution in [0.1, 0.15) is 74.9 Å². The molecule has 2 saturated heterocycles. The average molecular weight is 917 g/mol. The number of aromatic nitrogens is 2. The van der Waals surface area contributed by atoms with E-state index in [-0.39, 0.29) is 11.8 Å². The Morgan fingerprint density at radius 1 is 0.471 bits per heavy atom. The van der Waals surface area contributed by atoms with Crippen LogP contribution in [0.5, 0.6) is 0 Å². The molecule has 0 saturated carbocycles. The van der Waals surface area contributed by atoms with Gasteiger partial charge < -0.3 is 39.4 Å². The number of pyridine rings is 2. The SMILES string of the molecule is CCC(=O)N(c1ccccc1)C1(c2ccccn2)CC[NH+](CCc2ccccc2)CC1.CCC(=O)N(c1ccccc1)C1(c2ccccn2)CC[NH+](CCc2ccccc2)CC1.O=C([O-])C(=O)[O-]. The quantitative estimate of drug-likeness (QED) is 0.157. The van der Waals surface area contributed by atoms with Gasteiger partial charge in [0, 0.05) is 75.1 Å². The molecule has 2 aliphatic heterocycles. The van der Waals surface area contributed by atoms with E-state index >= 15 is 0 Å². The predicted octanol–water partition coefficient (Wildman–Crippen LogP) is 3.77. The normalized spacial score (nSPS) is 19.7. The van der Waals surface area contributed by atoms with Gasteiger partial charge in [-0.1, -0.05) is 123 Å². The van der Waals surface area contributed by atoms with Crippen LogP contribution in [0.4, 0.5) is 11.4 Å². The van der Waals surface area contributed by atoms with Crippen LogP contribution in [-0.4, -0.2) is 73.0 Å². The largest absolute Gasteiger partial charge is 0.543 e. The van der Waals surface area contributed by atoms with Crippen LogP contribution in [0, 0.1) is 0 Å². The fourth-order valence-electron chi connectivity index (χ4n) is 9.66. The van der Waals surface area contributed by atoms with Gasteiger partial charge in [-0.3, -0.25) is 19.6 Å². The molecule has 12 nitrogen and oxygen atoms in total. The molecule has 12 heteroatoms. The number of carboxylic acids is 2. The Kier molecular flexibility index (Phi) is 18.7. The lowest BCUT2D eigenvalue weighted by Crippen LogP contribution is -3.14. The highest BCUT2D eigenvalue weighted by molar-refractivity contribution is 6.25. The summed E-state index contributed by atoms with van der Waals surface area (Å²) >= 11 is 0. The monoisotopic (exact) mass is 916 g/mol. The van der Waals surface area contributed by atoms with E-state index in [0.29, 0.717) is 12.8 Å².